The highest BCUT2D eigenvalue weighted by Crippen LogP contribution is 2.15. The predicted octanol–water partition coefficient (Wildman–Crippen LogP) is -0.564. The van der Waals surface area contributed by atoms with Gasteiger partial charge in [0.05, 0.1) is 19.7 Å². The SMILES string of the molecule is CN=C(NCCN(C)CC(F)(F)F)N1CCN(CC(=O)NCCOC)CC1. The number of hydrogen-bond donors (Lipinski definition) is 2. The molecule has 0 unspecified atom stereocenters. The lowest BCUT2D eigenvalue weighted by molar-refractivity contribution is -0.142. The minimum atomic E-state index is -4.19. The fourth-order valence-corrected chi connectivity index (χ4v) is 2.75. The van der Waals surface area contributed by atoms with Gasteiger partial charge in [-0.2, -0.15) is 13.2 Å². The van der Waals surface area contributed by atoms with E-state index in [1.54, 1.807) is 14.2 Å². The first-order valence-electron chi connectivity index (χ1n) is 8.94. The number of amides is 1. The van der Waals surface area contributed by atoms with Gasteiger partial charge in [0.15, 0.2) is 5.96 Å². The fraction of sp³-hybridized carbons (Fsp3) is 0.875. The maximum atomic E-state index is 12.3. The zero-order chi connectivity index (χ0) is 20.3. The summed E-state index contributed by atoms with van der Waals surface area (Å²) in [4.78, 5) is 21.3. The van der Waals surface area contributed by atoms with E-state index in [4.69, 9.17) is 4.74 Å². The van der Waals surface area contributed by atoms with Gasteiger partial charge in [-0.3, -0.25) is 19.6 Å². The molecule has 1 aliphatic heterocycles. The van der Waals surface area contributed by atoms with E-state index in [2.05, 4.69) is 20.5 Å². The average molecular weight is 396 g/mol. The van der Waals surface area contributed by atoms with Crippen LogP contribution in [0.4, 0.5) is 13.2 Å². The number of nitrogens with zero attached hydrogens (tertiary/aromatic N) is 4. The van der Waals surface area contributed by atoms with Crippen LogP contribution in [0.2, 0.25) is 0 Å². The van der Waals surface area contributed by atoms with Crippen molar-refractivity contribution in [1.29, 1.82) is 0 Å². The topological polar surface area (TPSA) is 72.4 Å². The number of ether oxygens (including phenoxy) is 1. The Morgan fingerprint density at radius 3 is 2.41 bits per heavy atom. The summed E-state index contributed by atoms with van der Waals surface area (Å²) in [5.41, 5.74) is 0. The van der Waals surface area contributed by atoms with Crippen LogP contribution in [0.3, 0.4) is 0 Å². The Bertz CT molecular complexity index is 468. The summed E-state index contributed by atoms with van der Waals surface area (Å²) in [5, 5.41) is 5.89. The van der Waals surface area contributed by atoms with Crippen LogP contribution in [0.25, 0.3) is 0 Å². The predicted molar refractivity (Wildman–Crippen MR) is 97.8 cm³/mol. The molecule has 1 amide bonds. The highest BCUT2D eigenvalue weighted by molar-refractivity contribution is 5.80. The Hall–Kier alpha value is -1.59. The second-order valence-corrected chi connectivity index (χ2v) is 6.43. The summed E-state index contributed by atoms with van der Waals surface area (Å²) >= 11 is 0. The molecule has 8 nitrogen and oxygen atoms in total. The van der Waals surface area contributed by atoms with Crippen molar-refractivity contribution >= 4 is 11.9 Å². The maximum Gasteiger partial charge on any atom is 0.401 e. The first kappa shape index (κ1) is 23.4. The summed E-state index contributed by atoms with van der Waals surface area (Å²) in [7, 11) is 4.67. The van der Waals surface area contributed by atoms with E-state index in [-0.39, 0.29) is 12.5 Å². The second-order valence-electron chi connectivity index (χ2n) is 6.43. The number of halogens is 3. The molecule has 1 fully saturated rings. The van der Waals surface area contributed by atoms with Crippen molar-refractivity contribution < 1.29 is 22.7 Å². The minimum Gasteiger partial charge on any atom is -0.383 e. The molecule has 1 heterocycles. The van der Waals surface area contributed by atoms with Crippen LogP contribution in [0, 0.1) is 0 Å². The smallest absolute Gasteiger partial charge is 0.383 e. The number of hydrogen-bond acceptors (Lipinski definition) is 5. The quantitative estimate of drug-likeness (QED) is 0.309. The molecule has 0 spiro atoms. The molecule has 11 heteroatoms. The molecular weight excluding hydrogens is 365 g/mol. The molecule has 0 radical (unpaired) electrons. The number of likely N-dealkylation sites (N-methyl/N-ethyl adjacent to an activating group) is 1. The second kappa shape index (κ2) is 12.0. The van der Waals surface area contributed by atoms with Crippen LogP contribution in [-0.2, 0) is 9.53 Å². The van der Waals surface area contributed by atoms with Crippen LogP contribution in [0.1, 0.15) is 0 Å². The number of carbonyl (C=O) groups is 1. The third kappa shape index (κ3) is 10.4. The lowest BCUT2D eigenvalue weighted by atomic mass is 10.3. The molecule has 1 aliphatic rings. The molecule has 0 saturated carbocycles. The zero-order valence-electron chi connectivity index (χ0n) is 16.3. The van der Waals surface area contributed by atoms with E-state index in [9.17, 15) is 18.0 Å². The van der Waals surface area contributed by atoms with Crippen LogP contribution in [0.15, 0.2) is 4.99 Å². The van der Waals surface area contributed by atoms with Gasteiger partial charge in [-0.05, 0) is 7.05 Å². The highest BCUT2D eigenvalue weighted by Gasteiger charge is 2.29. The normalized spacial score (nSPS) is 16.7. The lowest BCUT2D eigenvalue weighted by Gasteiger charge is -2.36. The zero-order valence-corrected chi connectivity index (χ0v) is 16.3. The van der Waals surface area contributed by atoms with E-state index in [0.717, 1.165) is 0 Å². The molecule has 0 aliphatic carbocycles. The molecule has 158 valence electrons. The summed E-state index contributed by atoms with van der Waals surface area (Å²) in [6.45, 7) is 3.85. The van der Waals surface area contributed by atoms with E-state index in [1.807, 2.05) is 4.90 Å². The highest BCUT2D eigenvalue weighted by atomic mass is 19.4. The van der Waals surface area contributed by atoms with E-state index < -0.39 is 12.7 Å². The summed E-state index contributed by atoms with van der Waals surface area (Å²) < 4.78 is 41.9. The number of nitrogens with one attached hydrogen (secondary N) is 2. The van der Waals surface area contributed by atoms with Crippen molar-refractivity contribution in [3.05, 3.63) is 0 Å². The molecule has 2 N–H and O–H groups in total. The third-order valence-electron chi connectivity index (χ3n) is 4.11. The lowest BCUT2D eigenvalue weighted by Crippen LogP contribution is -2.54. The van der Waals surface area contributed by atoms with Crippen molar-refractivity contribution in [2.75, 3.05) is 86.7 Å². The number of piperazine rings is 1. The number of alkyl halides is 3. The standard InChI is InChI=1S/C16H31F3N6O2/c1-20-15(22-4-6-23(2)13-16(17,18)19)25-9-7-24(8-10-25)12-14(26)21-5-11-27-3/h4-13H2,1-3H3,(H,20,22)(H,21,26). The van der Waals surface area contributed by atoms with Crippen molar-refractivity contribution in [2.45, 2.75) is 6.18 Å². The van der Waals surface area contributed by atoms with Gasteiger partial charge < -0.3 is 20.3 Å². The van der Waals surface area contributed by atoms with Gasteiger partial charge in [-0.1, -0.05) is 0 Å². The number of guanidine groups is 1. The number of carbonyl (C=O) groups excluding carboxylic acids is 1. The molecule has 27 heavy (non-hydrogen) atoms. The van der Waals surface area contributed by atoms with Gasteiger partial charge in [-0.25, -0.2) is 0 Å². The van der Waals surface area contributed by atoms with Gasteiger partial charge in [0.25, 0.3) is 0 Å². The van der Waals surface area contributed by atoms with Gasteiger partial charge in [0.1, 0.15) is 0 Å². The monoisotopic (exact) mass is 396 g/mol. The molecule has 0 bridgehead atoms. The van der Waals surface area contributed by atoms with Crippen LogP contribution >= 0.6 is 0 Å². The maximum absolute atomic E-state index is 12.3. The molecule has 0 aromatic rings. The Morgan fingerprint density at radius 2 is 1.85 bits per heavy atom. The third-order valence-corrected chi connectivity index (χ3v) is 4.11. The Labute approximate surface area is 158 Å². The Kier molecular flexibility index (Phi) is 10.4. The molecule has 0 aromatic carbocycles. The summed E-state index contributed by atoms with van der Waals surface area (Å²) in [6, 6.07) is 0. The van der Waals surface area contributed by atoms with Crippen LogP contribution in [-0.4, -0.2) is 119 Å². The van der Waals surface area contributed by atoms with Gasteiger partial charge >= 0.3 is 6.18 Å². The van der Waals surface area contributed by atoms with E-state index >= 15 is 0 Å². The summed E-state index contributed by atoms with van der Waals surface area (Å²) in [6.07, 6.45) is -4.19. The Balaban J connectivity index is 2.28. The Morgan fingerprint density at radius 1 is 1.19 bits per heavy atom. The van der Waals surface area contributed by atoms with Crippen LogP contribution < -0.4 is 10.6 Å². The minimum absolute atomic E-state index is 0.0318. The van der Waals surface area contributed by atoms with E-state index in [1.165, 1.54) is 11.9 Å². The van der Waals surface area contributed by atoms with Crippen molar-refractivity contribution in [3.8, 4) is 0 Å². The summed E-state index contributed by atoms with van der Waals surface area (Å²) in [5.74, 6) is 0.635. The van der Waals surface area contributed by atoms with Crippen LogP contribution in [0.5, 0.6) is 0 Å². The number of methoxy groups -OCH3 is 1. The van der Waals surface area contributed by atoms with Crippen molar-refractivity contribution in [2.24, 2.45) is 4.99 Å². The van der Waals surface area contributed by atoms with Crippen molar-refractivity contribution in [1.82, 2.24) is 25.3 Å². The van der Waals surface area contributed by atoms with Crippen molar-refractivity contribution in [3.63, 3.8) is 0 Å². The number of rotatable bonds is 9. The van der Waals surface area contributed by atoms with Gasteiger partial charge in [0, 0.05) is 60.0 Å². The van der Waals surface area contributed by atoms with E-state index in [0.29, 0.717) is 58.4 Å². The average Bonchev–Trinajstić information content (AvgIpc) is 2.58. The van der Waals surface area contributed by atoms with Gasteiger partial charge in [0.2, 0.25) is 5.91 Å². The molecule has 0 atom stereocenters. The first-order valence-corrected chi connectivity index (χ1v) is 8.94. The largest absolute Gasteiger partial charge is 0.401 e. The fourth-order valence-electron chi connectivity index (χ4n) is 2.75. The first-order chi connectivity index (χ1) is 12.7. The molecule has 1 rings (SSSR count). The van der Waals surface area contributed by atoms with Gasteiger partial charge in [-0.15, -0.1) is 0 Å². The number of aliphatic imine (C=N–C) groups is 1. The molecule has 0 aromatic heterocycles. The molecule has 1 saturated heterocycles. The molecular formula is C16H31F3N6O2.